The molecule has 2 aromatic rings. The van der Waals surface area contributed by atoms with Gasteiger partial charge in [0.05, 0.1) is 0 Å². The lowest BCUT2D eigenvalue weighted by molar-refractivity contribution is -0.124. The lowest BCUT2D eigenvalue weighted by atomic mass is 10.1. The summed E-state index contributed by atoms with van der Waals surface area (Å²) in [5.74, 6) is -0.372. The molecular weight excluding hydrogens is 290 g/mol. The van der Waals surface area contributed by atoms with Crippen molar-refractivity contribution in [1.82, 2.24) is 4.90 Å². The maximum atomic E-state index is 12.4. The van der Waals surface area contributed by atoms with Crippen molar-refractivity contribution < 1.29 is 14.3 Å². The first kappa shape index (κ1) is 15.0. The first-order valence-electron chi connectivity index (χ1n) is 7.45. The molecule has 2 aromatic carbocycles. The van der Waals surface area contributed by atoms with Crippen LogP contribution in [0.3, 0.4) is 0 Å². The van der Waals surface area contributed by atoms with E-state index in [1.165, 1.54) is 11.0 Å². The first-order chi connectivity index (χ1) is 11.1. The first-order valence-corrected chi connectivity index (χ1v) is 7.45. The van der Waals surface area contributed by atoms with Crippen LogP contribution < -0.4 is 0 Å². The van der Waals surface area contributed by atoms with Gasteiger partial charge in [0.2, 0.25) is 0 Å². The van der Waals surface area contributed by atoms with Crippen LogP contribution in [0.1, 0.15) is 22.7 Å². The lowest BCUT2D eigenvalue weighted by Crippen LogP contribution is -2.32. The molecule has 3 rings (SSSR count). The number of aryl methyl sites for hydroxylation is 1. The number of hydrogen-bond donors (Lipinski definition) is 0. The average molecular weight is 307 g/mol. The Bertz CT molecular complexity index is 752. The fourth-order valence-corrected chi connectivity index (χ4v) is 2.61. The molecule has 1 saturated heterocycles. The highest BCUT2D eigenvalue weighted by molar-refractivity contribution is 6.02. The highest BCUT2D eigenvalue weighted by Crippen LogP contribution is 2.27. The van der Waals surface area contributed by atoms with Crippen LogP contribution in [0, 0.1) is 6.92 Å². The maximum Gasteiger partial charge on any atom is 0.417 e. The lowest BCUT2D eigenvalue weighted by Gasteiger charge is -2.18. The zero-order valence-corrected chi connectivity index (χ0v) is 12.8. The second kappa shape index (κ2) is 6.48. The van der Waals surface area contributed by atoms with Gasteiger partial charge in [-0.3, -0.25) is 4.79 Å². The molecule has 0 aliphatic carbocycles. The fourth-order valence-electron chi connectivity index (χ4n) is 2.61. The number of imide groups is 1. The van der Waals surface area contributed by atoms with Gasteiger partial charge in [-0.15, -0.1) is 0 Å². The van der Waals surface area contributed by atoms with Crippen LogP contribution >= 0.6 is 0 Å². The van der Waals surface area contributed by atoms with Crippen LogP contribution in [-0.2, 0) is 9.53 Å². The molecule has 4 nitrogen and oxygen atoms in total. The number of rotatable bonds is 3. The molecule has 0 aromatic heterocycles. The number of carbonyl (C=O) groups is 2. The normalized spacial score (nSPS) is 17.5. The van der Waals surface area contributed by atoms with E-state index in [-0.39, 0.29) is 18.6 Å². The monoisotopic (exact) mass is 307 g/mol. The molecule has 0 radical (unpaired) electrons. The van der Waals surface area contributed by atoms with Gasteiger partial charge in [0.1, 0.15) is 12.6 Å². The fraction of sp³-hybridized carbons (Fsp3) is 0.158. The molecule has 4 heteroatoms. The van der Waals surface area contributed by atoms with Crippen molar-refractivity contribution in [1.29, 1.82) is 0 Å². The summed E-state index contributed by atoms with van der Waals surface area (Å²) in [5.41, 5.74) is 2.92. The van der Waals surface area contributed by atoms with Gasteiger partial charge in [-0.05, 0) is 24.1 Å². The molecule has 1 atom stereocenters. The Hall–Kier alpha value is -2.88. The third-order valence-electron chi connectivity index (χ3n) is 3.76. The van der Waals surface area contributed by atoms with E-state index in [1.54, 1.807) is 6.08 Å². The molecule has 116 valence electrons. The summed E-state index contributed by atoms with van der Waals surface area (Å²) >= 11 is 0. The van der Waals surface area contributed by atoms with Crippen molar-refractivity contribution in [2.75, 3.05) is 6.61 Å². The van der Waals surface area contributed by atoms with E-state index in [0.717, 1.165) is 16.7 Å². The quantitative estimate of drug-likeness (QED) is 0.812. The molecule has 1 heterocycles. The molecule has 2 amide bonds. The minimum absolute atomic E-state index is 0.187. The topological polar surface area (TPSA) is 46.6 Å². The predicted molar refractivity (Wildman–Crippen MR) is 87.6 cm³/mol. The van der Waals surface area contributed by atoms with E-state index in [4.69, 9.17) is 4.74 Å². The number of cyclic esters (lactones) is 1. The molecule has 0 unspecified atom stereocenters. The predicted octanol–water partition coefficient (Wildman–Crippen LogP) is 3.73. The van der Waals surface area contributed by atoms with Gasteiger partial charge < -0.3 is 4.74 Å². The van der Waals surface area contributed by atoms with E-state index >= 15 is 0 Å². The zero-order valence-electron chi connectivity index (χ0n) is 12.8. The van der Waals surface area contributed by atoms with E-state index in [2.05, 4.69) is 0 Å². The number of amides is 2. The average Bonchev–Trinajstić information content (AvgIpc) is 2.95. The molecule has 0 saturated carbocycles. The van der Waals surface area contributed by atoms with E-state index < -0.39 is 6.09 Å². The summed E-state index contributed by atoms with van der Waals surface area (Å²) < 4.78 is 5.06. The number of ether oxygens (including phenoxy) is 1. The third-order valence-corrected chi connectivity index (χ3v) is 3.76. The summed E-state index contributed by atoms with van der Waals surface area (Å²) in [4.78, 5) is 25.5. The van der Waals surface area contributed by atoms with Gasteiger partial charge in [-0.1, -0.05) is 60.2 Å². The molecule has 0 N–H and O–H groups in total. The number of hydrogen-bond acceptors (Lipinski definition) is 3. The summed E-state index contributed by atoms with van der Waals surface area (Å²) in [6.45, 7) is 2.18. The van der Waals surface area contributed by atoms with Crippen molar-refractivity contribution in [3.63, 3.8) is 0 Å². The highest BCUT2D eigenvalue weighted by atomic mass is 16.6. The van der Waals surface area contributed by atoms with Crippen LogP contribution in [0.4, 0.5) is 4.79 Å². The largest absolute Gasteiger partial charge is 0.446 e. The Kier molecular flexibility index (Phi) is 4.24. The van der Waals surface area contributed by atoms with Crippen LogP contribution in [0.2, 0.25) is 0 Å². The van der Waals surface area contributed by atoms with Gasteiger partial charge in [0.25, 0.3) is 5.91 Å². The summed E-state index contributed by atoms with van der Waals surface area (Å²) in [7, 11) is 0. The van der Waals surface area contributed by atoms with Crippen molar-refractivity contribution in [3.8, 4) is 0 Å². The Labute approximate surface area is 135 Å². The Morgan fingerprint density at radius 1 is 1.17 bits per heavy atom. The number of carbonyl (C=O) groups excluding carboxylic acids is 2. The van der Waals surface area contributed by atoms with Crippen LogP contribution in [0.15, 0.2) is 60.7 Å². The van der Waals surface area contributed by atoms with Gasteiger partial charge in [0, 0.05) is 6.08 Å². The van der Waals surface area contributed by atoms with Gasteiger partial charge >= 0.3 is 6.09 Å². The van der Waals surface area contributed by atoms with Gasteiger partial charge in [0.15, 0.2) is 0 Å². The molecule has 1 aliphatic heterocycles. The SMILES string of the molecule is Cc1cccc(/C=C/C(=O)N2C(=O)OC[C@H]2c2ccccc2)c1. The Morgan fingerprint density at radius 3 is 2.70 bits per heavy atom. The number of benzene rings is 2. The van der Waals surface area contributed by atoms with Gasteiger partial charge in [-0.25, -0.2) is 9.69 Å². The Balaban J connectivity index is 1.80. The van der Waals surface area contributed by atoms with E-state index in [0.29, 0.717) is 0 Å². The highest BCUT2D eigenvalue weighted by Gasteiger charge is 2.37. The molecule has 1 aliphatic rings. The minimum Gasteiger partial charge on any atom is -0.446 e. The molecule has 23 heavy (non-hydrogen) atoms. The molecule has 0 bridgehead atoms. The summed E-state index contributed by atoms with van der Waals surface area (Å²) in [5, 5.41) is 0. The van der Waals surface area contributed by atoms with Crippen molar-refractivity contribution in [3.05, 3.63) is 77.4 Å². The third kappa shape index (κ3) is 3.31. The Morgan fingerprint density at radius 2 is 1.96 bits per heavy atom. The van der Waals surface area contributed by atoms with Crippen molar-refractivity contribution >= 4 is 18.1 Å². The van der Waals surface area contributed by atoms with E-state index in [9.17, 15) is 9.59 Å². The minimum atomic E-state index is -0.599. The van der Waals surface area contributed by atoms with Gasteiger partial charge in [-0.2, -0.15) is 0 Å². The zero-order chi connectivity index (χ0) is 16.2. The second-order valence-electron chi connectivity index (χ2n) is 5.46. The van der Waals surface area contributed by atoms with Crippen LogP contribution in [0.5, 0.6) is 0 Å². The smallest absolute Gasteiger partial charge is 0.417 e. The number of nitrogens with zero attached hydrogens (tertiary/aromatic N) is 1. The van der Waals surface area contributed by atoms with Crippen LogP contribution in [-0.4, -0.2) is 23.5 Å². The van der Waals surface area contributed by atoms with Crippen molar-refractivity contribution in [2.45, 2.75) is 13.0 Å². The maximum absolute atomic E-state index is 12.4. The van der Waals surface area contributed by atoms with Crippen molar-refractivity contribution in [2.24, 2.45) is 0 Å². The molecular formula is C19H17NO3. The molecule has 0 spiro atoms. The van der Waals surface area contributed by atoms with E-state index in [1.807, 2.05) is 61.5 Å². The molecule has 1 fully saturated rings. The summed E-state index contributed by atoms with van der Waals surface area (Å²) in [6, 6.07) is 16.8. The summed E-state index contributed by atoms with van der Waals surface area (Å²) in [6.07, 6.45) is 2.53. The van der Waals surface area contributed by atoms with Crippen LogP contribution in [0.25, 0.3) is 6.08 Å². The standard InChI is InChI=1S/C19H17NO3/c1-14-6-5-7-15(12-14)10-11-18(21)20-17(13-23-19(20)22)16-8-3-2-4-9-16/h2-12,17H,13H2,1H3/b11-10+/t17-/m0/s1. The second-order valence-corrected chi connectivity index (χ2v) is 5.46.